The first kappa shape index (κ1) is 19.4. The van der Waals surface area contributed by atoms with Gasteiger partial charge in [0, 0.05) is 12.6 Å². The van der Waals surface area contributed by atoms with E-state index in [0.717, 1.165) is 12.3 Å². The molecule has 0 heterocycles. The van der Waals surface area contributed by atoms with Crippen molar-refractivity contribution in [3.05, 3.63) is 35.9 Å². The molecule has 0 aliphatic heterocycles. The molecule has 1 aromatic rings. The van der Waals surface area contributed by atoms with E-state index in [2.05, 4.69) is 45.1 Å². The van der Waals surface area contributed by atoms with Crippen molar-refractivity contribution in [2.45, 2.75) is 65.2 Å². The second kappa shape index (κ2) is 9.55. The predicted molar refractivity (Wildman–Crippen MR) is 99.9 cm³/mol. The second-order valence-corrected chi connectivity index (χ2v) is 7.89. The van der Waals surface area contributed by atoms with Gasteiger partial charge in [0.2, 0.25) is 0 Å². The Kier molecular flexibility index (Phi) is 7.73. The van der Waals surface area contributed by atoms with Crippen LogP contribution in [0.15, 0.2) is 30.3 Å². The van der Waals surface area contributed by atoms with Crippen LogP contribution in [-0.2, 0) is 4.74 Å². The first-order valence-electron chi connectivity index (χ1n) is 9.55. The summed E-state index contributed by atoms with van der Waals surface area (Å²) >= 11 is 0. The normalized spacial score (nSPS) is 27.2. The molecule has 5 atom stereocenters. The number of aliphatic hydroxyl groups is 1. The Bertz CT molecular complexity index is 462. The van der Waals surface area contributed by atoms with Gasteiger partial charge in [-0.05, 0) is 43.1 Å². The fraction of sp³-hybridized carbons (Fsp3) is 0.714. The molecule has 0 unspecified atom stereocenters. The number of hydrogen-bond acceptors (Lipinski definition) is 3. The fourth-order valence-corrected chi connectivity index (χ4v) is 3.77. The lowest BCUT2D eigenvalue weighted by Gasteiger charge is -2.37. The van der Waals surface area contributed by atoms with Crippen molar-refractivity contribution < 1.29 is 9.84 Å². The molecule has 1 fully saturated rings. The number of ether oxygens (including phenoxy) is 1. The van der Waals surface area contributed by atoms with E-state index in [0.29, 0.717) is 31.1 Å². The van der Waals surface area contributed by atoms with Crippen LogP contribution in [-0.4, -0.2) is 30.5 Å². The largest absolute Gasteiger partial charge is 0.389 e. The minimum Gasteiger partial charge on any atom is -0.389 e. The smallest absolute Gasteiger partial charge is 0.0898 e. The third-order valence-electron chi connectivity index (χ3n) is 5.42. The molecule has 1 aliphatic carbocycles. The van der Waals surface area contributed by atoms with Crippen molar-refractivity contribution >= 4 is 0 Å². The van der Waals surface area contributed by atoms with E-state index >= 15 is 0 Å². The maximum atomic E-state index is 10.3. The molecule has 2 N–H and O–H groups in total. The molecule has 3 heteroatoms. The lowest BCUT2D eigenvalue weighted by Crippen LogP contribution is -2.38. The van der Waals surface area contributed by atoms with Crippen molar-refractivity contribution in [2.24, 2.45) is 17.8 Å². The highest BCUT2D eigenvalue weighted by molar-refractivity contribution is 5.17. The van der Waals surface area contributed by atoms with E-state index in [9.17, 15) is 5.11 Å². The summed E-state index contributed by atoms with van der Waals surface area (Å²) in [4.78, 5) is 0. The molecule has 1 aliphatic rings. The highest BCUT2D eigenvalue weighted by Crippen LogP contribution is 2.35. The Morgan fingerprint density at radius 2 is 1.88 bits per heavy atom. The summed E-state index contributed by atoms with van der Waals surface area (Å²) in [6, 6.07) is 10.6. The molecular formula is C21H35NO2. The van der Waals surface area contributed by atoms with Gasteiger partial charge in [0.1, 0.15) is 0 Å². The van der Waals surface area contributed by atoms with Crippen molar-refractivity contribution in [3.8, 4) is 0 Å². The van der Waals surface area contributed by atoms with E-state index in [1.807, 2.05) is 18.2 Å². The topological polar surface area (TPSA) is 41.5 Å². The van der Waals surface area contributed by atoms with Crippen LogP contribution in [0.2, 0.25) is 0 Å². The van der Waals surface area contributed by atoms with Crippen LogP contribution in [0, 0.1) is 17.8 Å². The van der Waals surface area contributed by atoms with Gasteiger partial charge in [-0.3, -0.25) is 0 Å². The summed E-state index contributed by atoms with van der Waals surface area (Å²) < 4.78 is 6.14. The minimum atomic E-state index is -0.457. The molecule has 1 saturated carbocycles. The number of hydrogen-bond donors (Lipinski definition) is 2. The predicted octanol–water partition coefficient (Wildman–Crippen LogP) is 4.18. The monoisotopic (exact) mass is 333 g/mol. The van der Waals surface area contributed by atoms with Crippen LogP contribution < -0.4 is 5.32 Å². The lowest BCUT2D eigenvalue weighted by atomic mass is 9.75. The van der Waals surface area contributed by atoms with Crippen molar-refractivity contribution in [2.75, 3.05) is 13.2 Å². The summed E-state index contributed by atoms with van der Waals surface area (Å²) in [7, 11) is 0. The van der Waals surface area contributed by atoms with E-state index in [-0.39, 0.29) is 6.04 Å². The van der Waals surface area contributed by atoms with Crippen molar-refractivity contribution in [3.63, 3.8) is 0 Å². The van der Waals surface area contributed by atoms with Gasteiger partial charge in [0.15, 0.2) is 0 Å². The van der Waals surface area contributed by atoms with Gasteiger partial charge in [-0.1, -0.05) is 57.5 Å². The number of aliphatic hydroxyl groups excluding tert-OH is 1. The van der Waals surface area contributed by atoms with Crippen LogP contribution in [0.3, 0.4) is 0 Å². The molecular weight excluding hydrogens is 298 g/mol. The molecule has 24 heavy (non-hydrogen) atoms. The van der Waals surface area contributed by atoms with Gasteiger partial charge >= 0.3 is 0 Å². The Morgan fingerprint density at radius 3 is 2.54 bits per heavy atom. The zero-order chi connectivity index (χ0) is 17.5. The molecule has 1 aromatic carbocycles. The van der Waals surface area contributed by atoms with Crippen molar-refractivity contribution in [1.29, 1.82) is 0 Å². The van der Waals surface area contributed by atoms with Crippen LogP contribution in [0.25, 0.3) is 0 Å². The van der Waals surface area contributed by atoms with Crippen molar-refractivity contribution in [1.82, 2.24) is 5.32 Å². The first-order chi connectivity index (χ1) is 11.5. The zero-order valence-electron chi connectivity index (χ0n) is 15.7. The molecule has 0 saturated heterocycles. The number of rotatable bonds is 8. The maximum Gasteiger partial charge on any atom is 0.0898 e. The van der Waals surface area contributed by atoms with Gasteiger partial charge in [-0.15, -0.1) is 0 Å². The summed E-state index contributed by atoms with van der Waals surface area (Å²) in [6.07, 6.45) is 3.53. The standard InChI is InChI=1S/C21H35NO2/c1-15(2)20-11-10-16(3)12-21(20)24-14-19(23)13-22-17(4)18-8-6-5-7-9-18/h5-9,15-17,19-23H,10-14H2,1-4H3/t16-,17+,19-,20-,21-/m1/s1. The van der Waals surface area contributed by atoms with Crippen LogP contribution >= 0.6 is 0 Å². The van der Waals surface area contributed by atoms with Gasteiger partial charge in [0.05, 0.1) is 18.8 Å². The van der Waals surface area contributed by atoms with Crippen LogP contribution in [0.5, 0.6) is 0 Å². The molecule has 0 spiro atoms. The molecule has 0 radical (unpaired) electrons. The zero-order valence-corrected chi connectivity index (χ0v) is 15.7. The van der Waals surface area contributed by atoms with Gasteiger partial charge in [-0.2, -0.15) is 0 Å². The molecule has 3 nitrogen and oxygen atoms in total. The summed E-state index contributed by atoms with van der Waals surface area (Å²) in [5, 5.41) is 13.7. The Hall–Kier alpha value is -0.900. The first-order valence-corrected chi connectivity index (χ1v) is 9.55. The Morgan fingerprint density at radius 1 is 1.17 bits per heavy atom. The summed E-state index contributed by atoms with van der Waals surface area (Å²) in [6.45, 7) is 10.00. The minimum absolute atomic E-state index is 0.235. The maximum absolute atomic E-state index is 10.3. The molecule has 0 bridgehead atoms. The van der Waals surface area contributed by atoms with E-state index in [1.54, 1.807) is 0 Å². The Balaban J connectivity index is 1.74. The average molecular weight is 334 g/mol. The fourth-order valence-electron chi connectivity index (χ4n) is 3.77. The number of nitrogens with one attached hydrogen (secondary N) is 1. The quantitative estimate of drug-likeness (QED) is 0.750. The van der Waals surface area contributed by atoms with E-state index in [1.165, 1.54) is 18.4 Å². The third-order valence-corrected chi connectivity index (χ3v) is 5.42. The lowest BCUT2D eigenvalue weighted by molar-refractivity contribution is -0.0685. The molecule has 136 valence electrons. The van der Waals surface area contributed by atoms with Crippen LogP contribution in [0.1, 0.15) is 58.6 Å². The van der Waals surface area contributed by atoms with Gasteiger partial charge in [-0.25, -0.2) is 0 Å². The van der Waals surface area contributed by atoms with E-state index < -0.39 is 6.10 Å². The van der Waals surface area contributed by atoms with Gasteiger partial charge in [0.25, 0.3) is 0 Å². The Labute approximate surface area is 147 Å². The second-order valence-electron chi connectivity index (χ2n) is 7.89. The number of benzene rings is 1. The van der Waals surface area contributed by atoms with Crippen LogP contribution in [0.4, 0.5) is 0 Å². The van der Waals surface area contributed by atoms with E-state index in [4.69, 9.17) is 4.74 Å². The highest BCUT2D eigenvalue weighted by Gasteiger charge is 2.31. The highest BCUT2D eigenvalue weighted by atomic mass is 16.5. The molecule has 0 aromatic heterocycles. The SMILES string of the molecule is CC(C)[C@H]1CC[C@@H](C)C[C@H]1OC[C@H](O)CN[C@@H](C)c1ccccc1. The molecule has 0 amide bonds. The average Bonchev–Trinajstić information content (AvgIpc) is 2.58. The van der Waals surface area contributed by atoms with Gasteiger partial charge < -0.3 is 15.2 Å². The summed E-state index contributed by atoms with van der Waals surface area (Å²) in [5.74, 6) is 2.01. The molecule has 2 rings (SSSR count). The third kappa shape index (κ3) is 5.87. The summed E-state index contributed by atoms with van der Waals surface area (Å²) in [5.41, 5.74) is 1.24.